The molecule has 1 fully saturated rings. The first-order chi connectivity index (χ1) is 17.3. The number of carboxylic acids is 1. The predicted octanol–water partition coefficient (Wildman–Crippen LogP) is -0.438. The Hall–Kier alpha value is -4.05. The molecule has 188 valence electrons. The van der Waals surface area contributed by atoms with E-state index in [0.717, 1.165) is 22.9 Å². The maximum Gasteiger partial charge on any atom is 0.352 e. The fourth-order valence-corrected chi connectivity index (χ4v) is 5.85. The Balaban J connectivity index is 1.34. The summed E-state index contributed by atoms with van der Waals surface area (Å²) in [5.41, 5.74) is 10.0. The van der Waals surface area contributed by atoms with E-state index in [-0.39, 0.29) is 28.9 Å². The van der Waals surface area contributed by atoms with Gasteiger partial charge in [-0.25, -0.2) is 9.80 Å². The average molecular weight is 532 g/mol. The largest absolute Gasteiger partial charge is 0.477 e. The van der Waals surface area contributed by atoms with Gasteiger partial charge in [-0.05, 0) is 24.1 Å². The van der Waals surface area contributed by atoms with E-state index < -0.39 is 29.2 Å². The van der Waals surface area contributed by atoms with Crippen LogP contribution in [0.1, 0.15) is 12.7 Å². The van der Waals surface area contributed by atoms with E-state index in [9.17, 15) is 19.5 Å². The number of nitrogens with two attached hydrogens (primary N) is 1. The SMILES string of the molecule is CO/N=C(\C(=O)N[C@@H]1C(=O)N2C(C(=O)O)=C(CN3C=CN4NC=C(C)C=C34)CS[C@@H]12)c1nsc(N)n1. The molecular formula is C20H21N9O5S2. The second-order valence-electron chi connectivity index (χ2n) is 8.01. The molecule has 0 bridgehead atoms. The number of rotatable bonds is 7. The number of thioether (sulfide) groups is 1. The zero-order valence-corrected chi connectivity index (χ0v) is 20.7. The number of aromatic nitrogens is 2. The molecule has 1 saturated heterocycles. The van der Waals surface area contributed by atoms with E-state index in [0.29, 0.717) is 11.3 Å². The number of aliphatic carboxylic acids is 1. The molecule has 1 aromatic rings. The number of oxime groups is 1. The fourth-order valence-electron chi connectivity index (χ4n) is 4.08. The minimum absolute atomic E-state index is 0.0329. The number of carbonyl (C=O) groups is 3. The zero-order valence-electron chi connectivity index (χ0n) is 19.0. The van der Waals surface area contributed by atoms with Gasteiger partial charge in [0.25, 0.3) is 11.8 Å². The van der Waals surface area contributed by atoms with Gasteiger partial charge in [-0.3, -0.25) is 14.5 Å². The summed E-state index contributed by atoms with van der Waals surface area (Å²) in [5, 5.41) is 17.6. The van der Waals surface area contributed by atoms with E-state index in [2.05, 4.69) is 25.3 Å². The van der Waals surface area contributed by atoms with Crippen LogP contribution in [0.3, 0.4) is 0 Å². The minimum Gasteiger partial charge on any atom is -0.477 e. The highest BCUT2D eigenvalue weighted by molar-refractivity contribution is 8.00. The number of nitrogens with zero attached hydrogens (tertiary/aromatic N) is 6. The number of amides is 2. The standard InChI is InChI=1S/C20H21N9O5S2/c1-9-5-11-27(3-4-28(11)22-6-9)7-10-8-35-18-13(17(31)29(18)14(10)19(32)33)23-16(30)12(25-34-2)15-24-20(21)36-26-15/h3-6,13,18,22H,7-8H2,1-2H3,(H,23,30)(H,32,33)(H2,21,24,26)/b25-12-/t13-,18+/m1/s1. The Morgan fingerprint density at radius 2 is 2.22 bits per heavy atom. The Labute approximate surface area is 212 Å². The van der Waals surface area contributed by atoms with Crippen molar-refractivity contribution in [2.45, 2.75) is 18.3 Å². The zero-order chi connectivity index (χ0) is 25.6. The Kier molecular flexibility index (Phi) is 6.05. The molecule has 0 unspecified atom stereocenters. The van der Waals surface area contributed by atoms with Crippen molar-refractivity contribution in [1.82, 2.24) is 34.9 Å². The summed E-state index contributed by atoms with van der Waals surface area (Å²) >= 11 is 2.26. The quantitative estimate of drug-likeness (QED) is 0.203. The number of hydrazine groups is 1. The number of nitrogen functional groups attached to an aromatic ring is 1. The molecule has 0 spiro atoms. The van der Waals surface area contributed by atoms with Crippen molar-refractivity contribution in [1.29, 1.82) is 0 Å². The summed E-state index contributed by atoms with van der Waals surface area (Å²) in [4.78, 5) is 49.9. The first-order valence-corrected chi connectivity index (χ1v) is 12.4. The Bertz CT molecular complexity index is 1300. The van der Waals surface area contributed by atoms with Crippen LogP contribution in [0.25, 0.3) is 0 Å². The molecule has 0 aromatic carbocycles. The molecule has 0 saturated carbocycles. The maximum absolute atomic E-state index is 13.0. The third-order valence-corrected chi connectivity index (χ3v) is 7.56. The second-order valence-corrected chi connectivity index (χ2v) is 9.90. The summed E-state index contributed by atoms with van der Waals surface area (Å²) in [7, 11) is 1.26. The Morgan fingerprint density at radius 3 is 2.92 bits per heavy atom. The van der Waals surface area contributed by atoms with Crippen molar-refractivity contribution in [3.8, 4) is 0 Å². The monoisotopic (exact) mass is 531 g/mol. The Morgan fingerprint density at radius 1 is 1.42 bits per heavy atom. The van der Waals surface area contributed by atoms with Crippen molar-refractivity contribution < 1.29 is 24.3 Å². The van der Waals surface area contributed by atoms with Crippen LogP contribution in [0, 0.1) is 0 Å². The maximum atomic E-state index is 13.0. The molecule has 2 atom stereocenters. The number of allylic oxidation sites excluding steroid dienone is 2. The van der Waals surface area contributed by atoms with Gasteiger partial charge in [0.15, 0.2) is 5.13 Å². The van der Waals surface area contributed by atoms with E-state index in [1.54, 1.807) is 0 Å². The van der Waals surface area contributed by atoms with Gasteiger partial charge in [-0.1, -0.05) is 5.16 Å². The lowest BCUT2D eigenvalue weighted by atomic mass is 10.0. The number of β-lactam (4-membered cyclic amide) rings is 1. The summed E-state index contributed by atoms with van der Waals surface area (Å²) in [6, 6.07) is -0.948. The molecule has 0 aliphatic carbocycles. The molecule has 2 amide bonds. The lowest BCUT2D eigenvalue weighted by Crippen LogP contribution is -2.71. The molecule has 16 heteroatoms. The van der Waals surface area contributed by atoms with Crippen LogP contribution in [0.15, 0.2) is 52.5 Å². The topological polar surface area (TPSA) is 179 Å². The number of hydrogen-bond acceptors (Lipinski definition) is 13. The van der Waals surface area contributed by atoms with Crippen LogP contribution in [0.2, 0.25) is 0 Å². The van der Waals surface area contributed by atoms with Crippen molar-refractivity contribution in [3.63, 3.8) is 0 Å². The first kappa shape index (κ1) is 23.7. The van der Waals surface area contributed by atoms with Crippen LogP contribution >= 0.6 is 23.3 Å². The lowest BCUT2D eigenvalue weighted by molar-refractivity contribution is -0.150. The normalized spacial score (nSPS) is 22.9. The van der Waals surface area contributed by atoms with Crippen molar-refractivity contribution in [2.75, 3.05) is 25.1 Å². The van der Waals surface area contributed by atoms with Crippen LogP contribution in [-0.2, 0) is 19.2 Å². The average Bonchev–Trinajstić information content (AvgIpc) is 3.46. The van der Waals surface area contributed by atoms with Crippen LogP contribution < -0.4 is 16.5 Å². The first-order valence-electron chi connectivity index (χ1n) is 10.6. The van der Waals surface area contributed by atoms with Crippen molar-refractivity contribution in [2.24, 2.45) is 5.16 Å². The van der Waals surface area contributed by atoms with E-state index in [1.807, 2.05) is 41.5 Å². The molecule has 4 aliphatic rings. The number of nitrogens with one attached hydrogen (secondary N) is 2. The van der Waals surface area contributed by atoms with Gasteiger partial charge in [0.2, 0.25) is 11.5 Å². The van der Waals surface area contributed by atoms with Gasteiger partial charge in [-0.15, -0.1) is 11.8 Å². The van der Waals surface area contributed by atoms with Gasteiger partial charge < -0.3 is 31.3 Å². The lowest BCUT2D eigenvalue weighted by Gasteiger charge is -2.49. The molecule has 0 radical (unpaired) electrons. The highest BCUT2D eigenvalue weighted by Gasteiger charge is 2.54. The van der Waals surface area contributed by atoms with Gasteiger partial charge in [0.05, 0.1) is 0 Å². The third-order valence-electron chi connectivity index (χ3n) is 5.67. The van der Waals surface area contributed by atoms with E-state index in [4.69, 9.17) is 10.6 Å². The summed E-state index contributed by atoms with van der Waals surface area (Å²) < 4.78 is 3.96. The predicted molar refractivity (Wildman–Crippen MR) is 130 cm³/mol. The molecule has 14 nitrogen and oxygen atoms in total. The molecule has 1 aromatic heterocycles. The minimum atomic E-state index is -1.20. The molecule has 36 heavy (non-hydrogen) atoms. The van der Waals surface area contributed by atoms with Crippen molar-refractivity contribution in [3.05, 3.63) is 53.2 Å². The highest BCUT2D eigenvalue weighted by atomic mass is 32.2. The smallest absolute Gasteiger partial charge is 0.352 e. The molecular weight excluding hydrogens is 510 g/mol. The fraction of sp³-hybridized carbons (Fsp3) is 0.300. The van der Waals surface area contributed by atoms with Gasteiger partial charge >= 0.3 is 5.97 Å². The summed E-state index contributed by atoms with van der Waals surface area (Å²) in [6.45, 7) is 2.24. The highest BCUT2D eigenvalue weighted by Crippen LogP contribution is 2.41. The molecule has 4 aliphatic heterocycles. The number of anilines is 1. The second kappa shape index (κ2) is 9.19. The number of fused-ring (bicyclic) bond motifs is 2. The molecule has 5 rings (SSSR count). The van der Waals surface area contributed by atoms with Crippen LogP contribution in [0.5, 0.6) is 0 Å². The molecule has 5 heterocycles. The molecule has 5 N–H and O–H groups in total. The van der Waals surface area contributed by atoms with Gasteiger partial charge in [0, 0.05) is 42.4 Å². The third kappa shape index (κ3) is 4.03. The number of hydrogen-bond donors (Lipinski definition) is 4. The van der Waals surface area contributed by atoms with Crippen molar-refractivity contribution >= 4 is 51.9 Å². The van der Waals surface area contributed by atoms with E-state index >= 15 is 0 Å². The van der Waals surface area contributed by atoms with Crippen LogP contribution in [-0.4, -0.2) is 83.6 Å². The van der Waals surface area contributed by atoms with Gasteiger partial charge in [-0.2, -0.15) is 9.36 Å². The summed E-state index contributed by atoms with van der Waals surface area (Å²) in [6.07, 6.45) is 7.50. The van der Waals surface area contributed by atoms with E-state index in [1.165, 1.54) is 23.8 Å². The summed E-state index contributed by atoms with van der Waals surface area (Å²) in [5.74, 6) is -1.29. The van der Waals surface area contributed by atoms with Crippen LogP contribution in [0.4, 0.5) is 5.13 Å². The number of carbonyl (C=O) groups excluding carboxylic acids is 2. The van der Waals surface area contributed by atoms with Gasteiger partial charge in [0.1, 0.15) is 30.0 Å². The number of carboxylic acid groups (broad SMARTS) is 1.